The van der Waals surface area contributed by atoms with Crippen LogP contribution in [0.3, 0.4) is 0 Å². The zero-order valence-electron chi connectivity index (χ0n) is 11.2. The van der Waals surface area contributed by atoms with Crippen LogP contribution in [0, 0.1) is 0 Å². The normalized spacial score (nSPS) is 10.9. The van der Waals surface area contributed by atoms with E-state index in [1.807, 2.05) is 0 Å². The molecule has 0 bridgehead atoms. The number of fused-ring (bicyclic) bond motifs is 1. The molecule has 3 aromatic rings. The molecule has 0 fully saturated rings. The molecule has 7 nitrogen and oxygen atoms in total. The van der Waals surface area contributed by atoms with Crippen LogP contribution in [0.5, 0.6) is 0 Å². The molecule has 3 rings (SSSR count). The van der Waals surface area contributed by atoms with Gasteiger partial charge in [0.25, 0.3) is 5.56 Å². The van der Waals surface area contributed by atoms with Crippen LogP contribution in [0.1, 0.15) is 0 Å². The lowest BCUT2D eigenvalue weighted by molar-refractivity contribution is -0.113. The van der Waals surface area contributed by atoms with Gasteiger partial charge in [-0.25, -0.2) is 0 Å². The Labute approximate surface area is 147 Å². The molecule has 0 aliphatic carbocycles. The number of rotatable bonds is 4. The van der Waals surface area contributed by atoms with E-state index in [1.54, 1.807) is 18.2 Å². The zero-order chi connectivity index (χ0) is 16.4. The topological polar surface area (TPSA) is 89.3 Å². The first-order chi connectivity index (χ1) is 11.0. The summed E-state index contributed by atoms with van der Waals surface area (Å²) in [6, 6.07) is 4.83. The minimum Gasteiger partial charge on any atom is -0.325 e. The maximum Gasteiger partial charge on any atom is 0.293 e. The quantitative estimate of drug-likeness (QED) is 0.691. The van der Waals surface area contributed by atoms with Crippen molar-refractivity contribution in [2.45, 2.75) is 4.34 Å². The smallest absolute Gasteiger partial charge is 0.293 e. The summed E-state index contributed by atoms with van der Waals surface area (Å²) in [4.78, 5) is 23.8. The van der Waals surface area contributed by atoms with E-state index in [1.165, 1.54) is 23.1 Å². The van der Waals surface area contributed by atoms with Gasteiger partial charge in [0.15, 0.2) is 4.34 Å². The van der Waals surface area contributed by atoms with E-state index in [4.69, 9.17) is 23.2 Å². The van der Waals surface area contributed by atoms with Crippen LogP contribution in [0.15, 0.2) is 33.5 Å². The van der Waals surface area contributed by atoms with Crippen LogP contribution in [0.4, 0.5) is 5.69 Å². The lowest BCUT2D eigenvalue weighted by Gasteiger charge is -2.05. The second-order valence-electron chi connectivity index (χ2n) is 4.21. The monoisotopic (exact) mass is 387 g/mol. The number of carbonyl (C=O) groups is 1. The van der Waals surface area contributed by atoms with Gasteiger partial charge >= 0.3 is 0 Å². The largest absolute Gasteiger partial charge is 0.325 e. The Morgan fingerprint density at radius 1 is 1.35 bits per heavy atom. The van der Waals surface area contributed by atoms with Crippen LogP contribution in [0.2, 0.25) is 10.0 Å². The zero-order valence-corrected chi connectivity index (χ0v) is 14.3. The van der Waals surface area contributed by atoms with E-state index >= 15 is 0 Å². The second-order valence-corrected chi connectivity index (χ2v) is 7.20. The van der Waals surface area contributed by atoms with Crippen molar-refractivity contribution >= 4 is 62.9 Å². The Morgan fingerprint density at radius 2 is 2.17 bits per heavy atom. The Bertz CT molecular complexity index is 943. The minimum absolute atomic E-state index is 0.127. The summed E-state index contributed by atoms with van der Waals surface area (Å²) < 4.78 is 1.70. The van der Waals surface area contributed by atoms with Crippen LogP contribution in [0.25, 0.3) is 4.96 Å². The van der Waals surface area contributed by atoms with Gasteiger partial charge in [0.2, 0.25) is 10.9 Å². The van der Waals surface area contributed by atoms with Crippen LogP contribution in [-0.2, 0) is 4.79 Å². The van der Waals surface area contributed by atoms with Gasteiger partial charge in [0.1, 0.15) is 6.20 Å². The van der Waals surface area contributed by atoms with Gasteiger partial charge in [-0.2, -0.15) is 9.61 Å². The number of thioether (sulfide) groups is 1. The fourth-order valence-electron chi connectivity index (χ4n) is 1.61. The summed E-state index contributed by atoms with van der Waals surface area (Å²) in [7, 11) is 0. The molecule has 0 radical (unpaired) electrons. The third-order valence-corrected chi connectivity index (χ3v) is 5.36. The van der Waals surface area contributed by atoms with Crippen molar-refractivity contribution in [2.75, 3.05) is 11.1 Å². The number of hydrogen-bond donors (Lipinski definition) is 1. The number of carbonyl (C=O) groups excluding carboxylic acids is 1. The van der Waals surface area contributed by atoms with E-state index in [9.17, 15) is 9.59 Å². The summed E-state index contributed by atoms with van der Waals surface area (Å²) in [5.74, 6) is -0.103. The molecule has 0 saturated carbocycles. The van der Waals surface area contributed by atoms with E-state index < -0.39 is 0 Å². The second kappa shape index (κ2) is 6.83. The molecule has 0 saturated heterocycles. The Kier molecular flexibility index (Phi) is 4.81. The molecule has 0 spiro atoms. The van der Waals surface area contributed by atoms with Gasteiger partial charge in [-0.3, -0.25) is 9.59 Å². The molecule has 11 heteroatoms. The van der Waals surface area contributed by atoms with Crippen molar-refractivity contribution < 1.29 is 4.79 Å². The third-order valence-electron chi connectivity index (χ3n) is 2.59. The number of nitrogens with one attached hydrogen (secondary N) is 1. The fourth-order valence-corrected chi connectivity index (χ4v) is 3.60. The summed E-state index contributed by atoms with van der Waals surface area (Å²) in [5.41, 5.74) is 0.190. The van der Waals surface area contributed by atoms with E-state index in [2.05, 4.69) is 20.6 Å². The van der Waals surface area contributed by atoms with Crippen LogP contribution >= 0.6 is 46.3 Å². The first kappa shape index (κ1) is 16.2. The van der Waals surface area contributed by atoms with Crippen molar-refractivity contribution in [1.29, 1.82) is 0 Å². The molecule has 1 N–H and O–H groups in total. The molecule has 0 aliphatic heterocycles. The van der Waals surface area contributed by atoms with Crippen molar-refractivity contribution in [1.82, 2.24) is 19.8 Å². The highest BCUT2D eigenvalue weighted by molar-refractivity contribution is 8.01. The molecule has 23 heavy (non-hydrogen) atoms. The minimum atomic E-state index is -0.363. The molecule has 0 atom stereocenters. The van der Waals surface area contributed by atoms with E-state index in [-0.39, 0.29) is 17.2 Å². The van der Waals surface area contributed by atoms with Gasteiger partial charge in [0, 0.05) is 5.69 Å². The number of amides is 1. The molecular weight excluding hydrogens is 381 g/mol. The molecule has 1 aromatic carbocycles. The number of benzene rings is 1. The van der Waals surface area contributed by atoms with Gasteiger partial charge in [-0.05, 0) is 18.2 Å². The van der Waals surface area contributed by atoms with Crippen LogP contribution < -0.4 is 10.9 Å². The first-order valence-corrected chi connectivity index (χ1v) is 8.68. The molecular formula is C12H7Cl2N5O2S2. The number of anilines is 1. The SMILES string of the molecule is O=C(CSc1nn2c(=O)cnnc2s1)Nc1ccc(Cl)c(Cl)c1. The maximum absolute atomic E-state index is 11.9. The Balaban J connectivity index is 1.64. The van der Waals surface area contributed by atoms with Gasteiger partial charge in [-0.1, -0.05) is 46.3 Å². The summed E-state index contributed by atoms with van der Waals surface area (Å²) in [6.07, 6.45) is 1.08. The fraction of sp³-hybridized carbons (Fsp3) is 0.0833. The van der Waals surface area contributed by atoms with Crippen molar-refractivity contribution in [2.24, 2.45) is 0 Å². The van der Waals surface area contributed by atoms with Gasteiger partial charge in [-0.15, -0.1) is 10.2 Å². The Hall–Kier alpha value is -1.68. The lowest BCUT2D eigenvalue weighted by atomic mass is 10.3. The molecule has 2 heterocycles. The van der Waals surface area contributed by atoms with Gasteiger partial charge in [0.05, 0.1) is 15.8 Å². The first-order valence-electron chi connectivity index (χ1n) is 6.12. The molecule has 118 valence electrons. The Morgan fingerprint density at radius 3 is 2.91 bits per heavy atom. The molecule has 1 amide bonds. The number of nitrogens with zero attached hydrogens (tertiary/aromatic N) is 4. The summed E-state index contributed by atoms with van der Waals surface area (Å²) in [6.45, 7) is 0. The maximum atomic E-state index is 11.9. The molecule has 2 aromatic heterocycles. The van der Waals surface area contributed by atoms with Gasteiger partial charge < -0.3 is 5.32 Å². The number of halogens is 2. The van der Waals surface area contributed by atoms with Crippen molar-refractivity contribution in [3.05, 3.63) is 44.8 Å². The average Bonchev–Trinajstić information content (AvgIpc) is 2.94. The van der Waals surface area contributed by atoms with Crippen molar-refractivity contribution in [3.8, 4) is 0 Å². The van der Waals surface area contributed by atoms with E-state index in [0.29, 0.717) is 25.0 Å². The highest BCUT2D eigenvalue weighted by Crippen LogP contribution is 2.26. The molecule has 0 aliphatic rings. The third kappa shape index (κ3) is 3.81. The van der Waals surface area contributed by atoms with Crippen molar-refractivity contribution in [3.63, 3.8) is 0 Å². The summed E-state index contributed by atoms with van der Waals surface area (Å²) >= 11 is 14.1. The van der Waals surface area contributed by atoms with E-state index in [0.717, 1.165) is 10.7 Å². The van der Waals surface area contributed by atoms with Crippen LogP contribution in [-0.4, -0.2) is 31.5 Å². The summed E-state index contributed by atoms with van der Waals surface area (Å²) in [5, 5.41) is 14.9. The predicted octanol–water partition coefficient (Wildman–Crippen LogP) is 2.58. The number of hydrogen-bond acceptors (Lipinski definition) is 7. The highest BCUT2D eigenvalue weighted by Gasteiger charge is 2.10. The number of aromatic nitrogens is 4. The average molecular weight is 388 g/mol. The predicted molar refractivity (Wildman–Crippen MR) is 90.7 cm³/mol. The standard InChI is InChI=1S/C12H7Cl2N5O2S2/c13-7-2-1-6(3-8(7)14)16-9(20)5-22-12-18-19-10(21)4-15-17-11(19)23-12/h1-4H,5H2,(H,16,20). The molecule has 0 unspecified atom stereocenters. The highest BCUT2D eigenvalue weighted by atomic mass is 35.5. The lowest BCUT2D eigenvalue weighted by Crippen LogP contribution is -2.15.